The van der Waals surface area contributed by atoms with E-state index in [1.165, 1.54) is 19.4 Å². The molecular formula is C19H16ClF3N4O4S. The second-order valence-electron chi connectivity index (χ2n) is 7.12. The molecule has 1 aromatic heterocycles. The van der Waals surface area contributed by atoms with Crippen molar-refractivity contribution in [3.8, 4) is 11.5 Å². The van der Waals surface area contributed by atoms with Crippen molar-refractivity contribution < 1.29 is 26.3 Å². The molecule has 1 saturated heterocycles. The first kappa shape index (κ1) is 22.4. The first-order valence-electron chi connectivity index (χ1n) is 9.30. The molecule has 1 aliphatic rings. The van der Waals surface area contributed by atoms with E-state index in [-0.39, 0.29) is 36.1 Å². The molecule has 2 aromatic carbocycles. The molecule has 4 rings (SSSR count). The van der Waals surface area contributed by atoms with E-state index in [9.17, 15) is 26.4 Å². The van der Waals surface area contributed by atoms with Crippen LogP contribution in [0, 0.1) is 11.6 Å². The van der Waals surface area contributed by atoms with Gasteiger partial charge in [-0.3, -0.25) is 9.52 Å². The topological polar surface area (TPSA) is 93.5 Å². The number of alkyl halides is 1. The van der Waals surface area contributed by atoms with Gasteiger partial charge in [0.1, 0.15) is 16.6 Å². The van der Waals surface area contributed by atoms with E-state index in [1.54, 1.807) is 0 Å². The summed E-state index contributed by atoms with van der Waals surface area (Å²) in [7, 11) is -2.78. The van der Waals surface area contributed by atoms with Crippen molar-refractivity contribution in [2.45, 2.75) is 12.6 Å². The number of ether oxygens (including phenoxy) is 1. The van der Waals surface area contributed by atoms with Crippen LogP contribution in [-0.4, -0.2) is 41.5 Å². The number of nitrogens with one attached hydrogen (secondary N) is 1. The van der Waals surface area contributed by atoms with Crippen LogP contribution in [0.5, 0.6) is 11.5 Å². The molecule has 3 aromatic rings. The average Bonchev–Trinajstić information content (AvgIpc) is 3.19. The molecular weight excluding hydrogens is 473 g/mol. The Balaban J connectivity index is 1.70. The molecule has 170 valence electrons. The molecule has 0 saturated carbocycles. The Kier molecular flexibility index (Phi) is 5.77. The predicted octanol–water partition coefficient (Wildman–Crippen LogP) is 3.36. The SMILES string of the molecule is Cn1cnc2ccc(Oc3c(F)ccc(NS(=O)(=O)N4CC[C@@H](F)C4)c3Cl)c(F)c2c1=O. The highest BCUT2D eigenvalue weighted by atomic mass is 35.5. The van der Waals surface area contributed by atoms with E-state index in [4.69, 9.17) is 16.3 Å². The maximum absolute atomic E-state index is 15.0. The monoisotopic (exact) mass is 488 g/mol. The zero-order valence-corrected chi connectivity index (χ0v) is 18.1. The number of aryl methyl sites for hydroxylation is 1. The number of benzene rings is 2. The van der Waals surface area contributed by atoms with Crippen LogP contribution >= 0.6 is 11.6 Å². The molecule has 1 aliphatic heterocycles. The van der Waals surface area contributed by atoms with Crippen molar-refractivity contribution in [3.63, 3.8) is 0 Å². The second kappa shape index (κ2) is 8.26. The van der Waals surface area contributed by atoms with Gasteiger partial charge in [-0.1, -0.05) is 11.6 Å². The number of fused-ring (bicyclic) bond motifs is 1. The van der Waals surface area contributed by atoms with Crippen molar-refractivity contribution in [2.75, 3.05) is 17.8 Å². The lowest BCUT2D eigenvalue weighted by Crippen LogP contribution is -2.34. The minimum absolute atomic E-state index is 0.0238. The van der Waals surface area contributed by atoms with Crippen molar-refractivity contribution in [1.82, 2.24) is 13.9 Å². The lowest BCUT2D eigenvalue weighted by molar-refractivity contribution is 0.343. The fourth-order valence-corrected chi connectivity index (χ4v) is 4.81. The summed E-state index contributed by atoms with van der Waals surface area (Å²) in [5.74, 6) is -3.25. The standard InChI is InChI=1S/C19H16ClF3N4O4S/c1-26-9-24-12-4-5-14(17(23)15(12)19(26)28)31-18-11(22)2-3-13(16(18)20)25-32(29,30)27-7-6-10(21)8-27/h2-5,9-10,25H,6-8H2,1H3/t10-/m1/s1. The molecule has 1 atom stereocenters. The summed E-state index contributed by atoms with van der Waals surface area (Å²) in [4.78, 5) is 16.2. The van der Waals surface area contributed by atoms with E-state index < -0.39 is 50.1 Å². The molecule has 0 aliphatic carbocycles. The number of nitrogens with zero attached hydrogens (tertiary/aromatic N) is 3. The van der Waals surface area contributed by atoms with Crippen LogP contribution in [0.3, 0.4) is 0 Å². The van der Waals surface area contributed by atoms with E-state index in [1.807, 2.05) is 0 Å². The first-order valence-corrected chi connectivity index (χ1v) is 11.1. The number of hydrogen-bond acceptors (Lipinski definition) is 5. The smallest absolute Gasteiger partial charge is 0.301 e. The molecule has 0 radical (unpaired) electrons. The van der Waals surface area contributed by atoms with Gasteiger partial charge in [0, 0.05) is 20.1 Å². The van der Waals surface area contributed by atoms with Crippen LogP contribution in [0.4, 0.5) is 18.9 Å². The lowest BCUT2D eigenvalue weighted by atomic mass is 10.2. The van der Waals surface area contributed by atoms with Crippen LogP contribution in [0.2, 0.25) is 5.02 Å². The molecule has 0 unspecified atom stereocenters. The highest BCUT2D eigenvalue weighted by molar-refractivity contribution is 7.90. The van der Waals surface area contributed by atoms with Crippen LogP contribution in [0.15, 0.2) is 35.4 Å². The Morgan fingerprint density at radius 1 is 1.25 bits per heavy atom. The fraction of sp³-hybridized carbons (Fsp3) is 0.263. The van der Waals surface area contributed by atoms with Crippen molar-refractivity contribution in [3.05, 3.63) is 57.6 Å². The molecule has 0 bridgehead atoms. The van der Waals surface area contributed by atoms with Gasteiger partial charge in [0.05, 0.1) is 17.5 Å². The highest BCUT2D eigenvalue weighted by Crippen LogP contribution is 2.39. The third kappa shape index (κ3) is 4.00. The average molecular weight is 489 g/mol. The summed E-state index contributed by atoms with van der Waals surface area (Å²) in [6.07, 6.45) is -0.00300. The predicted molar refractivity (Wildman–Crippen MR) is 112 cm³/mol. The molecule has 0 amide bonds. The van der Waals surface area contributed by atoms with Gasteiger partial charge >= 0.3 is 10.2 Å². The van der Waals surface area contributed by atoms with Crippen LogP contribution in [0.25, 0.3) is 10.9 Å². The highest BCUT2D eigenvalue weighted by Gasteiger charge is 2.32. The molecule has 1 N–H and O–H groups in total. The van der Waals surface area contributed by atoms with E-state index >= 15 is 0 Å². The van der Waals surface area contributed by atoms with Gasteiger partial charge in [0.2, 0.25) is 0 Å². The minimum Gasteiger partial charge on any atom is -0.450 e. The van der Waals surface area contributed by atoms with Crippen LogP contribution in [-0.2, 0) is 17.3 Å². The zero-order chi connectivity index (χ0) is 23.2. The summed E-state index contributed by atoms with van der Waals surface area (Å²) in [6.45, 7) is -0.341. The molecule has 13 heteroatoms. The number of aromatic nitrogens is 2. The van der Waals surface area contributed by atoms with E-state index in [0.717, 1.165) is 27.1 Å². The molecule has 0 spiro atoms. The number of halogens is 4. The van der Waals surface area contributed by atoms with Crippen LogP contribution < -0.4 is 15.0 Å². The lowest BCUT2D eigenvalue weighted by Gasteiger charge is -2.19. The van der Waals surface area contributed by atoms with E-state index in [2.05, 4.69) is 9.71 Å². The van der Waals surface area contributed by atoms with Crippen molar-refractivity contribution in [2.24, 2.45) is 7.05 Å². The number of hydrogen-bond donors (Lipinski definition) is 1. The summed E-state index contributed by atoms with van der Waals surface area (Å²) >= 11 is 6.15. The van der Waals surface area contributed by atoms with Crippen molar-refractivity contribution >= 4 is 38.4 Å². The largest absolute Gasteiger partial charge is 0.450 e. The Bertz CT molecular complexity index is 1380. The summed E-state index contributed by atoms with van der Waals surface area (Å²) in [5.41, 5.74) is -0.852. The third-order valence-electron chi connectivity index (χ3n) is 4.92. The Hall–Kier alpha value is -2.83. The molecule has 8 nitrogen and oxygen atoms in total. The van der Waals surface area contributed by atoms with Gasteiger partial charge in [-0.25, -0.2) is 18.2 Å². The summed E-state index contributed by atoms with van der Waals surface area (Å²) < 4.78 is 77.2. The Morgan fingerprint density at radius 3 is 2.69 bits per heavy atom. The van der Waals surface area contributed by atoms with E-state index in [0.29, 0.717) is 0 Å². The molecule has 32 heavy (non-hydrogen) atoms. The van der Waals surface area contributed by atoms with Gasteiger partial charge in [0.25, 0.3) is 5.56 Å². The Labute approximate surface area is 185 Å². The first-order chi connectivity index (χ1) is 15.1. The Morgan fingerprint density at radius 2 is 2.00 bits per heavy atom. The quantitative estimate of drug-likeness (QED) is 0.594. The molecule has 2 heterocycles. The maximum Gasteiger partial charge on any atom is 0.301 e. The van der Waals surface area contributed by atoms with Gasteiger partial charge in [-0.05, 0) is 30.7 Å². The number of anilines is 1. The second-order valence-corrected chi connectivity index (χ2v) is 9.17. The van der Waals surface area contributed by atoms with Gasteiger partial charge < -0.3 is 9.30 Å². The van der Waals surface area contributed by atoms with Gasteiger partial charge in [-0.2, -0.15) is 12.7 Å². The fourth-order valence-electron chi connectivity index (χ4n) is 3.24. The maximum atomic E-state index is 15.0. The van der Waals surface area contributed by atoms with Crippen molar-refractivity contribution in [1.29, 1.82) is 0 Å². The minimum atomic E-state index is -4.16. The number of rotatable bonds is 5. The summed E-state index contributed by atoms with van der Waals surface area (Å²) in [5, 5.41) is -0.848. The molecule has 1 fully saturated rings. The van der Waals surface area contributed by atoms with Gasteiger partial charge in [-0.15, -0.1) is 0 Å². The third-order valence-corrected chi connectivity index (χ3v) is 6.79. The van der Waals surface area contributed by atoms with Crippen LogP contribution in [0.1, 0.15) is 6.42 Å². The normalized spacial score (nSPS) is 17.1. The van der Waals surface area contributed by atoms with Gasteiger partial charge in [0.15, 0.2) is 23.1 Å². The zero-order valence-electron chi connectivity index (χ0n) is 16.5. The summed E-state index contributed by atoms with van der Waals surface area (Å²) in [6, 6.07) is 4.39.